The Labute approximate surface area is 141 Å². The molecule has 0 aliphatic carbocycles. The van der Waals surface area contributed by atoms with Crippen molar-refractivity contribution >= 4 is 28.6 Å². The zero-order chi connectivity index (χ0) is 17.1. The van der Waals surface area contributed by atoms with Crippen LogP contribution in [0.3, 0.4) is 0 Å². The summed E-state index contributed by atoms with van der Waals surface area (Å²) in [5.41, 5.74) is 9.49. The number of nitrogens with zero attached hydrogens (tertiary/aromatic N) is 2. The second-order valence-electron chi connectivity index (χ2n) is 5.63. The van der Waals surface area contributed by atoms with E-state index >= 15 is 0 Å². The number of rotatable bonds is 5. The summed E-state index contributed by atoms with van der Waals surface area (Å²) in [6, 6.07) is 17.5. The molecule has 0 fully saturated rings. The number of nitrogens with two attached hydrogens (primary N) is 1. The Balaban J connectivity index is 2.17. The third-order valence-corrected chi connectivity index (χ3v) is 4.06. The van der Waals surface area contributed by atoms with Crippen LogP contribution in [0.2, 0.25) is 0 Å². The molecule has 0 aliphatic heterocycles. The van der Waals surface area contributed by atoms with Gasteiger partial charge < -0.3 is 10.6 Å². The molecule has 0 atom stereocenters. The lowest BCUT2D eigenvalue weighted by Gasteiger charge is -2.22. The molecule has 120 valence electrons. The predicted octanol–water partition coefficient (Wildman–Crippen LogP) is 3.61. The van der Waals surface area contributed by atoms with Crippen molar-refractivity contribution in [3.63, 3.8) is 0 Å². The van der Waals surface area contributed by atoms with Crippen molar-refractivity contribution in [1.82, 2.24) is 4.98 Å². The van der Waals surface area contributed by atoms with Crippen LogP contribution in [0.5, 0.6) is 0 Å². The SMILES string of the molecule is C=Cc1nc2ccccc2c(C(N)=O)c1CN(C)c1ccccc1. The topological polar surface area (TPSA) is 59.2 Å². The van der Waals surface area contributed by atoms with Gasteiger partial charge in [-0.05, 0) is 24.3 Å². The molecule has 3 aromatic rings. The highest BCUT2D eigenvalue weighted by atomic mass is 16.1. The highest BCUT2D eigenvalue weighted by Gasteiger charge is 2.18. The number of hydrogen-bond donors (Lipinski definition) is 1. The number of anilines is 1. The molecule has 3 rings (SSSR count). The Kier molecular flexibility index (Phi) is 4.29. The molecule has 1 aromatic heterocycles. The monoisotopic (exact) mass is 317 g/mol. The maximum absolute atomic E-state index is 12.2. The van der Waals surface area contributed by atoms with Crippen LogP contribution < -0.4 is 10.6 Å². The van der Waals surface area contributed by atoms with E-state index in [1.165, 1.54) is 0 Å². The lowest BCUT2D eigenvalue weighted by molar-refractivity contribution is 0.100. The predicted molar refractivity (Wildman–Crippen MR) is 98.9 cm³/mol. The number of benzene rings is 2. The van der Waals surface area contributed by atoms with Gasteiger partial charge in [-0.15, -0.1) is 0 Å². The van der Waals surface area contributed by atoms with Crippen molar-refractivity contribution in [2.24, 2.45) is 5.73 Å². The maximum atomic E-state index is 12.2. The van der Waals surface area contributed by atoms with E-state index in [2.05, 4.69) is 16.5 Å². The summed E-state index contributed by atoms with van der Waals surface area (Å²) in [5.74, 6) is -0.451. The molecule has 0 spiro atoms. The summed E-state index contributed by atoms with van der Waals surface area (Å²) >= 11 is 0. The number of pyridine rings is 1. The number of fused-ring (bicyclic) bond motifs is 1. The van der Waals surface area contributed by atoms with Gasteiger partial charge in [-0.25, -0.2) is 4.98 Å². The molecule has 24 heavy (non-hydrogen) atoms. The average molecular weight is 317 g/mol. The average Bonchev–Trinajstić information content (AvgIpc) is 2.61. The normalized spacial score (nSPS) is 10.5. The molecule has 0 unspecified atom stereocenters. The van der Waals surface area contributed by atoms with Gasteiger partial charge in [0.05, 0.1) is 16.8 Å². The Morgan fingerprint density at radius 3 is 2.50 bits per heavy atom. The second kappa shape index (κ2) is 6.54. The van der Waals surface area contributed by atoms with Crippen molar-refractivity contribution < 1.29 is 4.79 Å². The number of aromatic nitrogens is 1. The largest absolute Gasteiger partial charge is 0.370 e. The summed E-state index contributed by atoms with van der Waals surface area (Å²) in [6.45, 7) is 4.36. The Bertz CT molecular complexity index is 903. The third-order valence-electron chi connectivity index (χ3n) is 4.06. The first-order chi connectivity index (χ1) is 11.6. The number of hydrogen-bond acceptors (Lipinski definition) is 3. The fourth-order valence-corrected chi connectivity index (χ4v) is 2.89. The third kappa shape index (κ3) is 2.86. The van der Waals surface area contributed by atoms with Gasteiger partial charge in [0.2, 0.25) is 5.91 Å². The fourth-order valence-electron chi connectivity index (χ4n) is 2.89. The quantitative estimate of drug-likeness (QED) is 0.782. The van der Waals surface area contributed by atoms with E-state index < -0.39 is 5.91 Å². The molecular weight excluding hydrogens is 298 g/mol. The lowest BCUT2D eigenvalue weighted by Crippen LogP contribution is -2.23. The van der Waals surface area contributed by atoms with Gasteiger partial charge in [0.1, 0.15) is 0 Å². The van der Waals surface area contributed by atoms with Crippen LogP contribution in [0.15, 0.2) is 61.2 Å². The molecule has 1 heterocycles. The zero-order valence-corrected chi connectivity index (χ0v) is 13.6. The van der Waals surface area contributed by atoms with Crippen LogP contribution in [-0.4, -0.2) is 17.9 Å². The van der Waals surface area contributed by atoms with Crippen molar-refractivity contribution in [3.8, 4) is 0 Å². The Hall–Kier alpha value is -3.14. The van der Waals surface area contributed by atoms with Crippen LogP contribution >= 0.6 is 0 Å². The summed E-state index contributed by atoms with van der Waals surface area (Å²) in [6.07, 6.45) is 1.67. The van der Waals surface area contributed by atoms with Crippen LogP contribution in [0.1, 0.15) is 21.6 Å². The van der Waals surface area contributed by atoms with Crippen molar-refractivity contribution in [2.75, 3.05) is 11.9 Å². The fraction of sp³-hybridized carbons (Fsp3) is 0.100. The maximum Gasteiger partial charge on any atom is 0.249 e. The molecule has 0 saturated carbocycles. The number of primary amides is 1. The van der Waals surface area contributed by atoms with E-state index in [4.69, 9.17) is 5.73 Å². The molecule has 2 N–H and O–H groups in total. The van der Waals surface area contributed by atoms with E-state index in [9.17, 15) is 4.79 Å². The molecule has 2 aromatic carbocycles. The van der Waals surface area contributed by atoms with Gasteiger partial charge in [-0.1, -0.05) is 43.0 Å². The minimum Gasteiger partial charge on any atom is -0.370 e. The van der Waals surface area contributed by atoms with Crippen LogP contribution in [0.25, 0.3) is 17.0 Å². The Morgan fingerprint density at radius 2 is 1.83 bits per heavy atom. The van der Waals surface area contributed by atoms with Gasteiger partial charge in [-0.2, -0.15) is 0 Å². The molecule has 0 saturated heterocycles. The summed E-state index contributed by atoms with van der Waals surface area (Å²) in [4.78, 5) is 18.9. The van der Waals surface area contributed by atoms with Crippen LogP contribution in [-0.2, 0) is 6.54 Å². The van der Waals surface area contributed by atoms with Gasteiger partial charge in [0, 0.05) is 30.2 Å². The molecular formula is C20H19N3O. The van der Waals surface area contributed by atoms with E-state index in [-0.39, 0.29) is 0 Å². The molecule has 0 radical (unpaired) electrons. The van der Waals surface area contributed by atoms with Gasteiger partial charge >= 0.3 is 0 Å². The highest BCUT2D eigenvalue weighted by Crippen LogP contribution is 2.26. The zero-order valence-electron chi connectivity index (χ0n) is 13.6. The first-order valence-electron chi connectivity index (χ1n) is 7.72. The molecule has 0 bridgehead atoms. The first kappa shape index (κ1) is 15.7. The summed E-state index contributed by atoms with van der Waals surface area (Å²) < 4.78 is 0. The standard InChI is InChI=1S/C20H19N3O/c1-3-17-16(13-23(2)14-9-5-4-6-10-14)19(20(21)24)15-11-7-8-12-18(15)22-17/h3-12H,1,13H2,2H3,(H2,21,24). The lowest BCUT2D eigenvalue weighted by atomic mass is 9.99. The minimum absolute atomic E-state index is 0.451. The van der Waals surface area contributed by atoms with Gasteiger partial charge in [0.25, 0.3) is 0 Å². The molecule has 4 nitrogen and oxygen atoms in total. The van der Waals surface area contributed by atoms with E-state index in [0.717, 1.165) is 22.2 Å². The van der Waals surface area contributed by atoms with Gasteiger partial charge in [-0.3, -0.25) is 4.79 Å². The number of carbonyl (C=O) groups excluding carboxylic acids is 1. The number of amides is 1. The van der Waals surface area contributed by atoms with E-state index in [0.29, 0.717) is 17.8 Å². The van der Waals surface area contributed by atoms with E-state index in [1.54, 1.807) is 6.08 Å². The van der Waals surface area contributed by atoms with Gasteiger partial charge in [0.15, 0.2) is 0 Å². The summed E-state index contributed by atoms with van der Waals surface area (Å²) in [7, 11) is 1.97. The second-order valence-corrected chi connectivity index (χ2v) is 5.63. The van der Waals surface area contributed by atoms with Crippen molar-refractivity contribution in [3.05, 3.63) is 78.0 Å². The molecule has 0 aliphatic rings. The van der Waals surface area contributed by atoms with Crippen molar-refractivity contribution in [2.45, 2.75) is 6.54 Å². The van der Waals surface area contributed by atoms with Crippen molar-refractivity contribution in [1.29, 1.82) is 0 Å². The van der Waals surface area contributed by atoms with E-state index in [1.807, 2.05) is 61.6 Å². The number of para-hydroxylation sites is 2. The highest BCUT2D eigenvalue weighted by molar-refractivity contribution is 6.07. The summed E-state index contributed by atoms with van der Waals surface area (Å²) in [5, 5.41) is 0.770. The number of carbonyl (C=O) groups is 1. The smallest absolute Gasteiger partial charge is 0.249 e. The Morgan fingerprint density at radius 1 is 1.17 bits per heavy atom. The van der Waals surface area contributed by atoms with Crippen LogP contribution in [0, 0.1) is 0 Å². The first-order valence-corrected chi connectivity index (χ1v) is 7.72. The van der Waals surface area contributed by atoms with Crippen LogP contribution in [0.4, 0.5) is 5.69 Å². The molecule has 1 amide bonds. The molecule has 4 heteroatoms. The minimum atomic E-state index is -0.451.